The number of thioether (sulfide) groups is 1. The molecule has 1 saturated carbocycles. The number of nitrogens with one attached hydrogen (secondary N) is 1. The third kappa shape index (κ3) is 4.11. The molecule has 0 bridgehead atoms. The Morgan fingerprint density at radius 2 is 2.19 bits per heavy atom. The molecule has 114 valence electrons. The molecular formula is C15H19NO3S2. The predicted molar refractivity (Wildman–Crippen MR) is 88.0 cm³/mol. The van der Waals surface area contributed by atoms with Crippen molar-refractivity contribution in [1.82, 2.24) is 5.32 Å². The lowest BCUT2D eigenvalue weighted by Gasteiger charge is -2.26. The van der Waals surface area contributed by atoms with Crippen LogP contribution < -0.4 is 5.32 Å². The number of carboxylic acid groups (broad SMARTS) is 1. The minimum atomic E-state index is -1.01. The Labute approximate surface area is 132 Å². The molecule has 2 N–H and O–H groups in total. The monoisotopic (exact) mass is 325 g/mol. The van der Waals surface area contributed by atoms with Crippen molar-refractivity contribution in [2.45, 2.75) is 30.4 Å². The highest BCUT2D eigenvalue weighted by atomic mass is 32.2. The Balaban J connectivity index is 2.01. The van der Waals surface area contributed by atoms with Crippen LogP contribution >= 0.6 is 23.1 Å². The molecule has 4 nitrogen and oxygen atoms in total. The zero-order valence-corrected chi connectivity index (χ0v) is 13.6. The molecule has 21 heavy (non-hydrogen) atoms. The highest BCUT2D eigenvalue weighted by Gasteiger charge is 2.33. The molecule has 0 aliphatic heterocycles. The van der Waals surface area contributed by atoms with E-state index in [9.17, 15) is 9.59 Å². The maximum Gasteiger partial charge on any atom is 0.328 e. The van der Waals surface area contributed by atoms with Crippen molar-refractivity contribution in [2.75, 3.05) is 12.8 Å². The second kappa shape index (κ2) is 7.13. The number of carboxylic acids is 1. The molecule has 1 aliphatic rings. The number of hydrogen-bond donors (Lipinski definition) is 2. The zero-order chi connectivity index (χ0) is 15.3. The van der Waals surface area contributed by atoms with Gasteiger partial charge < -0.3 is 10.4 Å². The fourth-order valence-electron chi connectivity index (χ4n) is 2.59. The first-order chi connectivity index (χ1) is 10.1. The van der Waals surface area contributed by atoms with E-state index >= 15 is 0 Å². The van der Waals surface area contributed by atoms with E-state index in [1.54, 1.807) is 11.4 Å². The molecule has 6 heteroatoms. The second-order valence-corrected chi connectivity index (χ2v) is 7.34. The first-order valence-corrected chi connectivity index (χ1v) is 8.99. The lowest BCUT2D eigenvalue weighted by Crippen LogP contribution is -2.38. The van der Waals surface area contributed by atoms with Crippen molar-refractivity contribution in [3.63, 3.8) is 0 Å². The average molecular weight is 325 g/mol. The topological polar surface area (TPSA) is 66.4 Å². The summed E-state index contributed by atoms with van der Waals surface area (Å²) >= 11 is 3.17. The number of hydrogen-bond acceptors (Lipinski definition) is 4. The van der Waals surface area contributed by atoms with Crippen molar-refractivity contribution < 1.29 is 14.7 Å². The summed E-state index contributed by atoms with van der Waals surface area (Å²) in [6.45, 7) is 0.674. The molecule has 1 amide bonds. The summed E-state index contributed by atoms with van der Waals surface area (Å²) < 4.78 is 0.171. The minimum Gasteiger partial charge on any atom is -0.478 e. The number of carbonyl (C=O) groups excluding carboxylic acids is 1. The molecule has 1 aliphatic carbocycles. The average Bonchev–Trinajstić information content (AvgIpc) is 3.12. The van der Waals surface area contributed by atoms with E-state index < -0.39 is 5.97 Å². The van der Waals surface area contributed by atoms with E-state index in [2.05, 4.69) is 11.6 Å². The Morgan fingerprint density at radius 1 is 1.48 bits per heavy atom. The van der Waals surface area contributed by atoms with E-state index in [4.69, 9.17) is 5.11 Å². The van der Waals surface area contributed by atoms with E-state index in [1.807, 2.05) is 11.8 Å². The Morgan fingerprint density at radius 3 is 2.81 bits per heavy atom. The molecule has 1 fully saturated rings. The van der Waals surface area contributed by atoms with Gasteiger partial charge in [-0.15, -0.1) is 11.3 Å². The van der Waals surface area contributed by atoms with Gasteiger partial charge in [0.15, 0.2) is 0 Å². The van der Waals surface area contributed by atoms with Gasteiger partial charge in [0.2, 0.25) is 0 Å². The Bertz CT molecular complexity index is 545. The summed E-state index contributed by atoms with van der Waals surface area (Å²) in [4.78, 5) is 23.4. The van der Waals surface area contributed by atoms with Gasteiger partial charge in [-0.2, -0.15) is 11.8 Å². The lowest BCUT2D eigenvalue weighted by molar-refractivity contribution is -0.131. The van der Waals surface area contributed by atoms with Crippen molar-refractivity contribution >= 4 is 41.1 Å². The van der Waals surface area contributed by atoms with Gasteiger partial charge in [-0.25, -0.2) is 4.79 Å². The fourth-order valence-corrected chi connectivity index (χ4v) is 4.31. The molecule has 2 rings (SSSR count). The van der Waals surface area contributed by atoms with E-state index in [1.165, 1.54) is 30.3 Å². The van der Waals surface area contributed by atoms with Crippen LogP contribution in [0.15, 0.2) is 17.5 Å². The van der Waals surface area contributed by atoms with Gasteiger partial charge in [-0.3, -0.25) is 4.79 Å². The first kappa shape index (κ1) is 16.1. The smallest absolute Gasteiger partial charge is 0.328 e. The van der Waals surface area contributed by atoms with Crippen LogP contribution in [0.4, 0.5) is 0 Å². The molecule has 1 aromatic rings. The quantitative estimate of drug-likeness (QED) is 0.788. The Kier molecular flexibility index (Phi) is 5.47. The minimum absolute atomic E-state index is 0.115. The zero-order valence-electron chi connectivity index (χ0n) is 11.9. The van der Waals surface area contributed by atoms with Crippen molar-refractivity contribution in [3.05, 3.63) is 28.0 Å². The molecule has 0 radical (unpaired) electrons. The van der Waals surface area contributed by atoms with Gasteiger partial charge in [0.1, 0.15) is 0 Å². The van der Waals surface area contributed by atoms with E-state index in [0.717, 1.165) is 18.9 Å². The van der Waals surface area contributed by atoms with Crippen LogP contribution in [0.25, 0.3) is 6.08 Å². The molecule has 1 aromatic heterocycles. The molecule has 0 atom stereocenters. The van der Waals surface area contributed by atoms with E-state index in [0.29, 0.717) is 17.0 Å². The van der Waals surface area contributed by atoms with Crippen LogP contribution in [0.2, 0.25) is 0 Å². The third-order valence-corrected chi connectivity index (χ3v) is 6.17. The van der Waals surface area contributed by atoms with Gasteiger partial charge in [-0.05, 0) is 42.2 Å². The summed E-state index contributed by atoms with van der Waals surface area (Å²) in [6.07, 6.45) is 9.36. The van der Waals surface area contributed by atoms with E-state index in [-0.39, 0.29) is 10.7 Å². The summed E-state index contributed by atoms with van der Waals surface area (Å²) in [5.74, 6) is -1.13. The largest absolute Gasteiger partial charge is 0.478 e. The van der Waals surface area contributed by atoms with Crippen LogP contribution in [-0.2, 0) is 4.79 Å². The van der Waals surface area contributed by atoms with Gasteiger partial charge in [0.25, 0.3) is 5.91 Å². The SMILES string of the molecule is CSC1(CNC(=O)c2sccc2/C=C/C(=O)O)CCCC1. The summed E-state index contributed by atoms with van der Waals surface area (Å²) in [5.41, 5.74) is 0.657. The maximum atomic E-state index is 12.3. The normalized spacial score (nSPS) is 17.2. The van der Waals surface area contributed by atoms with Crippen LogP contribution in [0.3, 0.4) is 0 Å². The van der Waals surface area contributed by atoms with Crippen molar-refractivity contribution in [2.24, 2.45) is 0 Å². The second-order valence-electron chi connectivity index (χ2n) is 5.15. The molecule has 0 aromatic carbocycles. The lowest BCUT2D eigenvalue weighted by atomic mass is 10.1. The number of thiophene rings is 1. The molecule has 1 heterocycles. The van der Waals surface area contributed by atoms with Gasteiger partial charge in [0.05, 0.1) is 4.88 Å². The third-order valence-electron chi connectivity index (χ3n) is 3.83. The highest BCUT2D eigenvalue weighted by Crippen LogP contribution is 2.39. The maximum absolute atomic E-state index is 12.3. The predicted octanol–water partition coefficient (Wildman–Crippen LogP) is 3.25. The fraction of sp³-hybridized carbons (Fsp3) is 0.467. The molecule has 0 saturated heterocycles. The van der Waals surface area contributed by atoms with Crippen LogP contribution in [0.1, 0.15) is 40.9 Å². The highest BCUT2D eigenvalue weighted by molar-refractivity contribution is 8.00. The van der Waals surface area contributed by atoms with Gasteiger partial charge >= 0.3 is 5.97 Å². The number of aliphatic carboxylic acids is 1. The standard InChI is InChI=1S/C15H19NO3S2/c1-20-15(7-2-3-8-15)10-16-14(19)13-11(6-9-21-13)4-5-12(17)18/h4-6,9H,2-3,7-8,10H2,1H3,(H,16,19)(H,17,18)/b5-4+. The van der Waals surface area contributed by atoms with Crippen LogP contribution in [-0.4, -0.2) is 34.5 Å². The van der Waals surface area contributed by atoms with Crippen molar-refractivity contribution in [1.29, 1.82) is 0 Å². The summed E-state index contributed by atoms with van der Waals surface area (Å²) in [6, 6.07) is 1.76. The van der Waals surface area contributed by atoms with Crippen LogP contribution in [0.5, 0.6) is 0 Å². The molecule has 0 unspecified atom stereocenters. The number of carbonyl (C=O) groups is 2. The first-order valence-electron chi connectivity index (χ1n) is 6.88. The Hall–Kier alpha value is -1.27. The molecule has 0 spiro atoms. The number of rotatable bonds is 6. The number of amides is 1. The summed E-state index contributed by atoms with van der Waals surface area (Å²) in [5, 5.41) is 13.5. The molecular weight excluding hydrogens is 306 g/mol. The van der Waals surface area contributed by atoms with Crippen molar-refractivity contribution in [3.8, 4) is 0 Å². The van der Waals surface area contributed by atoms with Crippen LogP contribution in [0, 0.1) is 0 Å². The van der Waals surface area contributed by atoms with Gasteiger partial charge in [-0.1, -0.05) is 12.8 Å². The van der Waals surface area contributed by atoms with Gasteiger partial charge in [0, 0.05) is 17.4 Å². The summed E-state index contributed by atoms with van der Waals surface area (Å²) in [7, 11) is 0.